The van der Waals surface area contributed by atoms with Crippen LogP contribution in [0, 0.1) is 0 Å². The molecule has 1 saturated carbocycles. The van der Waals surface area contributed by atoms with E-state index in [1.54, 1.807) is 0 Å². The number of carboxylic acids is 1. The summed E-state index contributed by atoms with van der Waals surface area (Å²) in [6.45, 7) is 4.07. The topological polar surface area (TPSA) is 43.8 Å². The summed E-state index contributed by atoms with van der Waals surface area (Å²) in [5.41, 5.74) is 0. The normalized spacial score (nSPS) is 31.2. The monoisotopic (exact) mass is 226 g/mol. The third-order valence-corrected chi connectivity index (χ3v) is 3.93. The standard InChI is InChI=1S/C12H22N2O2/c1-9-7-11(8-13(9)2)14(10-3-4-10)6-5-12(15)16/h9-11H,3-8H2,1-2H3,(H,15,16). The van der Waals surface area contributed by atoms with E-state index < -0.39 is 5.97 Å². The van der Waals surface area contributed by atoms with Crippen LogP contribution in [0.15, 0.2) is 0 Å². The Morgan fingerprint density at radius 1 is 1.44 bits per heavy atom. The van der Waals surface area contributed by atoms with Gasteiger partial charge in [0.15, 0.2) is 0 Å². The van der Waals surface area contributed by atoms with Gasteiger partial charge in [0.25, 0.3) is 0 Å². The molecule has 0 aromatic heterocycles. The van der Waals surface area contributed by atoms with Gasteiger partial charge in [0.05, 0.1) is 6.42 Å². The van der Waals surface area contributed by atoms with Crippen LogP contribution in [-0.2, 0) is 4.79 Å². The molecule has 2 atom stereocenters. The van der Waals surface area contributed by atoms with Crippen molar-refractivity contribution in [1.82, 2.24) is 9.80 Å². The van der Waals surface area contributed by atoms with Crippen molar-refractivity contribution in [3.63, 3.8) is 0 Å². The van der Waals surface area contributed by atoms with Gasteiger partial charge in [-0.2, -0.15) is 0 Å². The molecule has 4 nitrogen and oxygen atoms in total. The summed E-state index contributed by atoms with van der Waals surface area (Å²) in [6, 6.07) is 1.88. The lowest BCUT2D eigenvalue weighted by molar-refractivity contribution is -0.137. The first-order chi connectivity index (χ1) is 7.58. The Labute approximate surface area is 97.2 Å². The van der Waals surface area contributed by atoms with E-state index in [0.717, 1.165) is 13.1 Å². The van der Waals surface area contributed by atoms with Crippen molar-refractivity contribution in [3.8, 4) is 0 Å². The average Bonchev–Trinajstić information content (AvgIpc) is 2.96. The third kappa shape index (κ3) is 2.74. The number of hydrogen-bond acceptors (Lipinski definition) is 3. The van der Waals surface area contributed by atoms with Crippen molar-refractivity contribution in [2.24, 2.45) is 0 Å². The summed E-state index contributed by atoms with van der Waals surface area (Å²) >= 11 is 0. The van der Waals surface area contributed by atoms with Gasteiger partial charge in [-0.1, -0.05) is 0 Å². The van der Waals surface area contributed by atoms with E-state index in [1.165, 1.54) is 19.3 Å². The lowest BCUT2D eigenvalue weighted by Gasteiger charge is -2.28. The SMILES string of the molecule is CC1CC(N(CCC(=O)O)C2CC2)CN1C. The zero-order valence-electron chi connectivity index (χ0n) is 10.2. The van der Waals surface area contributed by atoms with E-state index in [1.807, 2.05) is 0 Å². The predicted molar refractivity (Wildman–Crippen MR) is 62.5 cm³/mol. The minimum absolute atomic E-state index is 0.283. The molecule has 0 amide bonds. The maximum atomic E-state index is 10.7. The number of aliphatic carboxylic acids is 1. The molecule has 0 spiro atoms. The van der Waals surface area contributed by atoms with E-state index in [4.69, 9.17) is 5.11 Å². The molecule has 92 valence electrons. The van der Waals surface area contributed by atoms with Gasteiger partial charge in [0, 0.05) is 31.2 Å². The summed E-state index contributed by atoms with van der Waals surface area (Å²) in [5, 5.41) is 8.77. The van der Waals surface area contributed by atoms with Crippen LogP contribution in [0.1, 0.15) is 32.6 Å². The van der Waals surface area contributed by atoms with E-state index in [-0.39, 0.29) is 6.42 Å². The van der Waals surface area contributed by atoms with Gasteiger partial charge in [-0.15, -0.1) is 0 Å². The number of rotatable bonds is 5. The second-order valence-electron chi connectivity index (χ2n) is 5.29. The molecule has 1 aliphatic carbocycles. The molecule has 1 heterocycles. The Kier molecular flexibility index (Phi) is 3.50. The number of hydrogen-bond donors (Lipinski definition) is 1. The predicted octanol–water partition coefficient (Wildman–Crippen LogP) is 1.02. The van der Waals surface area contributed by atoms with Crippen LogP contribution in [0.25, 0.3) is 0 Å². The molecule has 2 rings (SSSR count). The largest absolute Gasteiger partial charge is 0.481 e. The highest BCUT2D eigenvalue weighted by Crippen LogP contribution is 2.32. The molecule has 16 heavy (non-hydrogen) atoms. The van der Waals surface area contributed by atoms with Gasteiger partial charge in [0.1, 0.15) is 0 Å². The molecule has 2 aliphatic rings. The van der Waals surface area contributed by atoms with Crippen molar-refractivity contribution in [2.45, 2.75) is 50.7 Å². The zero-order valence-corrected chi connectivity index (χ0v) is 10.2. The van der Waals surface area contributed by atoms with E-state index in [0.29, 0.717) is 18.1 Å². The maximum absolute atomic E-state index is 10.7. The van der Waals surface area contributed by atoms with Gasteiger partial charge in [-0.25, -0.2) is 0 Å². The molecular formula is C12H22N2O2. The van der Waals surface area contributed by atoms with Crippen LogP contribution >= 0.6 is 0 Å². The van der Waals surface area contributed by atoms with E-state index in [2.05, 4.69) is 23.8 Å². The molecule has 1 N–H and O–H groups in total. The molecule has 1 aliphatic heterocycles. The number of carbonyl (C=O) groups is 1. The van der Waals surface area contributed by atoms with Crippen molar-refractivity contribution >= 4 is 5.97 Å². The molecule has 0 aromatic rings. The van der Waals surface area contributed by atoms with Crippen molar-refractivity contribution in [2.75, 3.05) is 20.1 Å². The second-order valence-corrected chi connectivity index (χ2v) is 5.29. The Morgan fingerprint density at radius 3 is 2.56 bits per heavy atom. The van der Waals surface area contributed by atoms with Crippen LogP contribution in [-0.4, -0.2) is 59.1 Å². The van der Waals surface area contributed by atoms with Crippen LogP contribution in [0.3, 0.4) is 0 Å². The summed E-state index contributed by atoms with van der Waals surface area (Å²) < 4.78 is 0. The number of nitrogens with zero attached hydrogens (tertiary/aromatic N) is 2. The lowest BCUT2D eigenvalue weighted by Crippen LogP contribution is -2.40. The smallest absolute Gasteiger partial charge is 0.304 e. The van der Waals surface area contributed by atoms with Crippen molar-refractivity contribution in [3.05, 3.63) is 0 Å². The fraction of sp³-hybridized carbons (Fsp3) is 0.917. The average molecular weight is 226 g/mol. The molecule has 1 saturated heterocycles. The Balaban J connectivity index is 1.89. The van der Waals surface area contributed by atoms with E-state index in [9.17, 15) is 4.79 Å². The summed E-state index contributed by atoms with van der Waals surface area (Å²) in [6.07, 6.45) is 3.99. The van der Waals surface area contributed by atoms with Gasteiger partial charge in [0.2, 0.25) is 0 Å². The fourth-order valence-corrected chi connectivity index (χ4v) is 2.70. The molecule has 0 aromatic carbocycles. The summed E-state index contributed by atoms with van der Waals surface area (Å²) in [5.74, 6) is -0.676. The van der Waals surface area contributed by atoms with Crippen LogP contribution < -0.4 is 0 Å². The zero-order chi connectivity index (χ0) is 11.7. The Bertz CT molecular complexity index is 256. The van der Waals surface area contributed by atoms with Gasteiger partial charge in [-0.3, -0.25) is 9.69 Å². The van der Waals surface area contributed by atoms with Crippen LogP contribution in [0.2, 0.25) is 0 Å². The van der Waals surface area contributed by atoms with Gasteiger partial charge in [-0.05, 0) is 33.2 Å². The first kappa shape index (κ1) is 11.9. The molecule has 2 fully saturated rings. The quantitative estimate of drug-likeness (QED) is 0.760. The first-order valence-electron chi connectivity index (χ1n) is 6.25. The summed E-state index contributed by atoms with van der Waals surface area (Å²) in [7, 11) is 2.16. The molecule has 0 bridgehead atoms. The highest BCUT2D eigenvalue weighted by molar-refractivity contribution is 5.66. The molecular weight excluding hydrogens is 204 g/mol. The minimum atomic E-state index is -0.676. The summed E-state index contributed by atoms with van der Waals surface area (Å²) in [4.78, 5) is 15.5. The first-order valence-corrected chi connectivity index (χ1v) is 6.25. The maximum Gasteiger partial charge on any atom is 0.304 e. The molecule has 4 heteroatoms. The van der Waals surface area contributed by atoms with Crippen molar-refractivity contribution in [1.29, 1.82) is 0 Å². The highest BCUT2D eigenvalue weighted by atomic mass is 16.4. The fourth-order valence-electron chi connectivity index (χ4n) is 2.70. The van der Waals surface area contributed by atoms with E-state index >= 15 is 0 Å². The molecule has 2 unspecified atom stereocenters. The lowest BCUT2D eigenvalue weighted by atomic mass is 10.1. The van der Waals surface area contributed by atoms with Crippen LogP contribution in [0.4, 0.5) is 0 Å². The number of likely N-dealkylation sites (tertiary alicyclic amines) is 1. The van der Waals surface area contributed by atoms with Gasteiger partial charge >= 0.3 is 5.97 Å². The second kappa shape index (κ2) is 4.72. The van der Waals surface area contributed by atoms with Crippen molar-refractivity contribution < 1.29 is 9.90 Å². The van der Waals surface area contributed by atoms with Gasteiger partial charge < -0.3 is 10.0 Å². The van der Waals surface area contributed by atoms with Crippen LogP contribution in [0.5, 0.6) is 0 Å². The Morgan fingerprint density at radius 2 is 2.12 bits per heavy atom. The molecule has 0 radical (unpaired) electrons. The minimum Gasteiger partial charge on any atom is -0.481 e. The Hall–Kier alpha value is -0.610. The third-order valence-electron chi connectivity index (χ3n) is 3.93. The number of likely N-dealkylation sites (N-methyl/N-ethyl adjacent to an activating group) is 1. The highest BCUT2D eigenvalue weighted by Gasteiger charge is 2.38. The number of carboxylic acid groups (broad SMARTS) is 1.